The normalized spacial score (nSPS) is 43.5. The molecule has 4 aliphatic rings. The monoisotopic (exact) mass is 457 g/mol. The molecule has 3 heteroatoms. The molecule has 7 atom stereocenters. The standard InChI is InChI=1S/C30H51NO2/c1-20(2)9-8-10-21(3)22-14-18-30(19-31-33)24-11-12-25-27(4,5)26(32)15-16-28(25,6)23(24)13-17-29(22,30)7/h19-22,25-26,32-33H,8-18H2,1-7H3/b31-19-/t21-,22-,25+,26+,28-,29-,30-/m1/s1. The van der Waals surface area contributed by atoms with E-state index in [0.29, 0.717) is 11.8 Å². The van der Waals surface area contributed by atoms with Crippen LogP contribution in [0.1, 0.15) is 119 Å². The van der Waals surface area contributed by atoms with Crippen LogP contribution in [-0.2, 0) is 0 Å². The second kappa shape index (κ2) is 8.68. The second-order valence-electron chi connectivity index (χ2n) is 13.9. The summed E-state index contributed by atoms with van der Waals surface area (Å²) in [5, 5.41) is 24.5. The van der Waals surface area contributed by atoms with E-state index in [1.54, 1.807) is 11.1 Å². The number of hydrogen-bond donors (Lipinski definition) is 2. The van der Waals surface area contributed by atoms with E-state index in [9.17, 15) is 10.3 Å². The molecule has 0 unspecified atom stereocenters. The Morgan fingerprint density at radius 2 is 1.67 bits per heavy atom. The minimum Gasteiger partial charge on any atom is -0.411 e. The van der Waals surface area contributed by atoms with Crippen molar-refractivity contribution in [3.8, 4) is 0 Å². The molecule has 2 fully saturated rings. The minimum absolute atomic E-state index is 0.0341. The fourth-order valence-electron chi connectivity index (χ4n) is 9.76. The van der Waals surface area contributed by atoms with Crippen LogP contribution in [0.3, 0.4) is 0 Å². The van der Waals surface area contributed by atoms with Gasteiger partial charge in [0.05, 0.1) is 12.3 Å². The molecule has 33 heavy (non-hydrogen) atoms. The summed E-state index contributed by atoms with van der Waals surface area (Å²) in [6.45, 7) is 16.8. The molecule has 0 spiro atoms. The molecule has 0 aromatic rings. The lowest BCUT2D eigenvalue weighted by Gasteiger charge is -2.62. The number of nitrogens with zero attached hydrogens (tertiary/aromatic N) is 1. The third-order valence-corrected chi connectivity index (χ3v) is 11.7. The third kappa shape index (κ3) is 3.66. The Balaban J connectivity index is 1.71. The summed E-state index contributed by atoms with van der Waals surface area (Å²) in [5.74, 6) is 2.74. The molecule has 0 amide bonds. The summed E-state index contributed by atoms with van der Waals surface area (Å²) in [7, 11) is 0. The molecular formula is C30H51NO2. The Kier molecular flexibility index (Phi) is 6.65. The van der Waals surface area contributed by atoms with Gasteiger partial charge in [0, 0.05) is 5.41 Å². The average molecular weight is 458 g/mol. The van der Waals surface area contributed by atoms with Crippen molar-refractivity contribution in [2.75, 3.05) is 0 Å². The van der Waals surface area contributed by atoms with Gasteiger partial charge in [-0.15, -0.1) is 5.16 Å². The van der Waals surface area contributed by atoms with E-state index in [1.807, 2.05) is 6.21 Å². The van der Waals surface area contributed by atoms with E-state index in [0.717, 1.165) is 43.9 Å². The first-order valence-electron chi connectivity index (χ1n) is 14.0. The lowest BCUT2D eigenvalue weighted by Crippen LogP contribution is -2.55. The SMILES string of the molecule is CC(C)CCC[C@@H](C)[C@H]1CC[C@@]2(/C=N\O)C3=C(CC[C@]12C)[C@@]1(C)CC[C@H](O)C(C)(C)[C@@H]1CC3. The van der Waals surface area contributed by atoms with E-state index in [1.165, 1.54) is 38.5 Å². The Hall–Kier alpha value is -0.830. The van der Waals surface area contributed by atoms with E-state index < -0.39 is 0 Å². The molecule has 4 rings (SSSR count). The van der Waals surface area contributed by atoms with Gasteiger partial charge in [0.1, 0.15) is 0 Å². The zero-order valence-electron chi connectivity index (χ0n) is 22.6. The quantitative estimate of drug-likeness (QED) is 0.184. The average Bonchev–Trinajstić information content (AvgIpc) is 3.04. The molecule has 0 bridgehead atoms. The molecular weight excluding hydrogens is 406 g/mol. The summed E-state index contributed by atoms with van der Waals surface area (Å²) < 4.78 is 0. The highest BCUT2D eigenvalue weighted by Crippen LogP contribution is 2.72. The van der Waals surface area contributed by atoms with Gasteiger partial charge in [-0.2, -0.15) is 0 Å². The molecule has 3 nitrogen and oxygen atoms in total. The van der Waals surface area contributed by atoms with E-state index in [4.69, 9.17) is 0 Å². The van der Waals surface area contributed by atoms with E-state index in [2.05, 4.69) is 53.6 Å². The molecule has 0 radical (unpaired) electrons. The molecule has 0 saturated heterocycles. The summed E-state index contributed by atoms with van der Waals surface area (Å²) >= 11 is 0. The highest BCUT2D eigenvalue weighted by atomic mass is 16.4. The Morgan fingerprint density at radius 3 is 2.33 bits per heavy atom. The highest BCUT2D eigenvalue weighted by Gasteiger charge is 2.64. The molecule has 0 aliphatic heterocycles. The van der Waals surface area contributed by atoms with E-state index >= 15 is 0 Å². The van der Waals surface area contributed by atoms with E-state index in [-0.39, 0.29) is 27.8 Å². The molecule has 0 aromatic carbocycles. The van der Waals surface area contributed by atoms with Crippen LogP contribution in [0.25, 0.3) is 0 Å². The van der Waals surface area contributed by atoms with Gasteiger partial charge in [-0.05, 0) is 91.3 Å². The van der Waals surface area contributed by atoms with Gasteiger partial charge < -0.3 is 10.3 Å². The lowest BCUT2D eigenvalue weighted by atomic mass is 9.43. The first-order chi connectivity index (χ1) is 15.4. The summed E-state index contributed by atoms with van der Waals surface area (Å²) in [4.78, 5) is 0. The van der Waals surface area contributed by atoms with Crippen molar-refractivity contribution in [2.45, 2.75) is 125 Å². The molecule has 0 heterocycles. The third-order valence-electron chi connectivity index (χ3n) is 11.7. The molecule has 2 saturated carbocycles. The van der Waals surface area contributed by atoms with Crippen LogP contribution in [0.4, 0.5) is 0 Å². The van der Waals surface area contributed by atoms with Crippen molar-refractivity contribution < 1.29 is 10.3 Å². The zero-order chi connectivity index (χ0) is 24.2. The van der Waals surface area contributed by atoms with Crippen LogP contribution in [0.15, 0.2) is 16.3 Å². The van der Waals surface area contributed by atoms with Crippen LogP contribution in [0.5, 0.6) is 0 Å². The second-order valence-corrected chi connectivity index (χ2v) is 13.9. The van der Waals surface area contributed by atoms with Gasteiger partial charge >= 0.3 is 0 Å². The topological polar surface area (TPSA) is 52.8 Å². The van der Waals surface area contributed by atoms with Crippen LogP contribution in [0.2, 0.25) is 0 Å². The summed E-state index contributed by atoms with van der Waals surface area (Å²) in [6.07, 6.45) is 14.8. The Morgan fingerprint density at radius 1 is 0.939 bits per heavy atom. The number of oxime groups is 1. The largest absolute Gasteiger partial charge is 0.411 e. The maximum atomic E-state index is 10.8. The maximum Gasteiger partial charge on any atom is 0.0594 e. The fraction of sp³-hybridized carbons (Fsp3) is 0.900. The number of fused-ring (bicyclic) bond motifs is 4. The number of aliphatic hydroxyl groups is 1. The lowest BCUT2D eigenvalue weighted by molar-refractivity contribution is -0.0944. The molecule has 2 N–H and O–H groups in total. The minimum atomic E-state index is -0.193. The van der Waals surface area contributed by atoms with Crippen molar-refractivity contribution in [1.82, 2.24) is 0 Å². The van der Waals surface area contributed by atoms with Gasteiger partial charge in [0.25, 0.3) is 0 Å². The van der Waals surface area contributed by atoms with Crippen molar-refractivity contribution in [3.63, 3.8) is 0 Å². The van der Waals surface area contributed by atoms with Gasteiger partial charge in [-0.25, -0.2) is 0 Å². The molecule has 4 aliphatic carbocycles. The first-order valence-corrected chi connectivity index (χ1v) is 14.0. The fourth-order valence-corrected chi connectivity index (χ4v) is 9.76. The number of rotatable bonds is 6. The van der Waals surface area contributed by atoms with Crippen LogP contribution in [-0.4, -0.2) is 22.6 Å². The van der Waals surface area contributed by atoms with Gasteiger partial charge in [-0.1, -0.05) is 78.9 Å². The Labute approximate surface area is 203 Å². The maximum absolute atomic E-state index is 10.8. The Bertz CT molecular complexity index is 797. The predicted octanol–water partition coefficient (Wildman–Crippen LogP) is 8.00. The van der Waals surface area contributed by atoms with Crippen LogP contribution >= 0.6 is 0 Å². The number of aliphatic hydroxyl groups excluding tert-OH is 1. The first kappa shape index (κ1) is 25.3. The van der Waals surface area contributed by atoms with Gasteiger partial charge in [0.2, 0.25) is 0 Å². The number of allylic oxidation sites excluding steroid dienone is 2. The molecule has 0 aromatic heterocycles. The van der Waals surface area contributed by atoms with Gasteiger partial charge in [-0.3, -0.25) is 0 Å². The summed E-state index contributed by atoms with van der Waals surface area (Å²) in [5.41, 5.74) is 3.56. The van der Waals surface area contributed by atoms with Gasteiger partial charge in [0.15, 0.2) is 0 Å². The zero-order valence-corrected chi connectivity index (χ0v) is 22.6. The highest BCUT2D eigenvalue weighted by molar-refractivity contribution is 5.74. The van der Waals surface area contributed by atoms with Crippen molar-refractivity contribution in [2.24, 2.45) is 50.5 Å². The smallest absolute Gasteiger partial charge is 0.0594 e. The predicted molar refractivity (Wildman–Crippen MR) is 138 cm³/mol. The van der Waals surface area contributed by atoms with Crippen molar-refractivity contribution >= 4 is 6.21 Å². The van der Waals surface area contributed by atoms with Crippen molar-refractivity contribution in [3.05, 3.63) is 11.1 Å². The molecule has 188 valence electrons. The van der Waals surface area contributed by atoms with Crippen LogP contribution in [0, 0.1) is 45.3 Å². The summed E-state index contributed by atoms with van der Waals surface area (Å²) in [6, 6.07) is 0. The number of hydrogen-bond acceptors (Lipinski definition) is 3. The van der Waals surface area contributed by atoms with Crippen molar-refractivity contribution in [1.29, 1.82) is 0 Å². The van der Waals surface area contributed by atoms with Crippen LogP contribution < -0.4 is 0 Å².